The third kappa shape index (κ3) is 4.35. The molecule has 192 valence electrons. The Labute approximate surface area is 221 Å². The van der Waals surface area contributed by atoms with E-state index in [0.29, 0.717) is 17.9 Å². The lowest BCUT2D eigenvalue weighted by Gasteiger charge is -2.27. The van der Waals surface area contributed by atoms with Crippen LogP contribution in [0.2, 0.25) is 0 Å². The molecule has 1 aromatic carbocycles. The highest BCUT2D eigenvalue weighted by Gasteiger charge is 2.27. The van der Waals surface area contributed by atoms with Crippen molar-refractivity contribution in [3.63, 3.8) is 0 Å². The molecule has 9 nitrogen and oxygen atoms in total. The van der Waals surface area contributed by atoms with E-state index in [-0.39, 0.29) is 0 Å². The minimum absolute atomic E-state index is 0.667. The van der Waals surface area contributed by atoms with Gasteiger partial charge in [-0.3, -0.25) is 4.68 Å². The number of aryl methyl sites for hydroxylation is 2. The molecule has 0 spiro atoms. The van der Waals surface area contributed by atoms with Gasteiger partial charge in [-0.2, -0.15) is 10.2 Å². The van der Waals surface area contributed by atoms with Gasteiger partial charge in [-0.25, -0.2) is 19.5 Å². The predicted octanol–water partition coefficient (Wildman–Crippen LogP) is 4.26. The van der Waals surface area contributed by atoms with Crippen LogP contribution in [0.15, 0.2) is 73.7 Å². The molecule has 38 heavy (non-hydrogen) atoms. The van der Waals surface area contributed by atoms with E-state index in [2.05, 4.69) is 49.1 Å². The van der Waals surface area contributed by atoms with Crippen LogP contribution in [0.5, 0.6) is 0 Å². The Morgan fingerprint density at radius 3 is 2.42 bits per heavy atom. The van der Waals surface area contributed by atoms with Crippen molar-refractivity contribution < 1.29 is 5.11 Å². The van der Waals surface area contributed by atoms with Gasteiger partial charge in [0.25, 0.3) is 0 Å². The predicted molar refractivity (Wildman–Crippen MR) is 147 cm³/mol. The summed E-state index contributed by atoms with van der Waals surface area (Å²) < 4.78 is 3.79. The zero-order valence-corrected chi connectivity index (χ0v) is 21.8. The number of benzene rings is 1. The van der Waals surface area contributed by atoms with Crippen LogP contribution in [0.1, 0.15) is 42.8 Å². The molecule has 4 aromatic heterocycles. The number of aliphatic hydroxyl groups is 1. The molecule has 0 aliphatic carbocycles. The summed E-state index contributed by atoms with van der Waals surface area (Å²) in [6.07, 6.45) is 13.9. The van der Waals surface area contributed by atoms with E-state index >= 15 is 0 Å². The van der Waals surface area contributed by atoms with Gasteiger partial charge in [-0.05, 0) is 44.4 Å². The van der Waals surface area contributed by atoms with E-state index in [1.807, 2.05) is 59.0 Å². The van der Waals surface area contributed by atoms with Gasteiger partial charge in [0.2, 0.25) is 0 Å². The molecule has 1 aliphatic heterocycles. The average molecular weight is 507 g/mol. The summed E-state index contributed by atoms with van der Waals surface area (Å²) in [5.74, 6) is 1.59. The maximum absolute atomic E-state index is 11.2. The molecule has 0 saturated heterocycles. The maximum atomic E-state index is 11.2. The SMILES string of the molecule is CCn1cc(-c2cc3c(N4CC=C(c5ncc(C(C)(O)c6ccc(C)cc6)cn5)CC4)ncnn3c2)cn1. The van der Waals surface area contributed by atoms with Gasteiger partial charge in [0.1, 0.15) is 17.4 Å². The Kier molecular flexibility index (Phi) is 6.00. The number of nitrogens with zero attached hydrogens (tertiary/aromatic N) is 8. The number of hydrogen-bond donors (Lipinski definition) is 1. The highest BCUT2D eigenvalue weighted by atomic mass is 16.3. The fourth-order valence-electron chi connectivity index (χ4n) is 4.86. The van der Waals surface area contributed by atoms with Crippen molar-refractivity contribution in [2.24, 2.45) is 0 Å². The summed E-state index contributed by atoms with van der Waals surface area (Å²) in [6.45, 7) is 8.20. The number of aromatic nitrogens is 7. The van der Waals surface area contributed by atoms with E-state index in [4.69, 9.17) is 0 Å². The van der Waals surface area contributed by atoms with Crippen molar-refractivity contribution in [3.8, 4) is 11.1 Å². The molecule has 5 aromatic rings. The zero-order chi connectivity index (χ0) is 26.3. The molecule has 0 fully saturated rings. The van der Waals surface area contributed by atoms with E-state index in [1.165, 1.54) is 0 Å². The molecule has 1 N–H and O–H groups in total. The molecule has 1 aliphatic rings. The molecular formula is C29H30N8O. The van der Waals surface area contributed by atoms with Crippen molar-refractivity contribution in [2.45, 2.75) is 39.3 Å². The molecule has 0 saturated carbocycles. The van der Waals surface area contributed by atoms with Crippen LogP contribution in [0.4, 0.5) is 5.82 Å². The van der Waals surface area contributed by atoms with Gasteiger partial charge >= 0.3 is 0 Å². The lowest BCUT2D eigenvalue weighted by molar-refractivity contribution is 0.101. The Hall–Kier alpha value is -4.37. The Balaban J connectivity index is 1.21. The normalized spacial score (nSPS) is 15.5. The van der Waals surface area contributed by atoms with Gasteiger partial charge in [-0.15, -0.1) is 0 Å². The van der Waals surface area contributed by atoms with Crippen LogP contribution in [0, 0.1) is 6.92 Å². The Morgan fingerprint density at radius 1 is 0.947 bits per heavy atom. The molecule has 5 heterocycles. The van der Waals surface area contributed by atoms with Crippen LogP contribution >= 0.6 is 0 Å². The highest BCUT2D eigenvalue weighted by Crippen LogP contribution is 2.31. The first-order valence-electron chi connectivity index (χ1n) is 12.8. The minimum Gasteiger partial charge on any atom is -0.381 e. The van der Waals surface area contributed by atoms with E-state index in [1.54, 1.807) is 25.6 Å². The first-order valence-corrected chi connectivity index (χ1v) is 12.8. The van der Waals surface area contributed by atoms with Gasteiger partial charge in [0.05, 0.1) is 6.20 Å². The quantitative estimate of drug-likeness (QED) is 0.367. The maximum Gasteiger partial charge on any atom is 0.156 e. The molecular weight excluding hydrogens is 476 g/mol. The summed E-state index contributed by atoms with van der Waals surface area (Å²) in [5, 5.41) is 20.0. The van der Waals surface area contributed by atoms with Crippen LogP contribution < -0.4 is 4.90 Å². The van der Waals surface area contributed by atoms with Gasteiger partial charge in [0, 0.05) is 61.1 Å². The molecule has 0 radical (unpaired) electrons. The number of rotatable bonds is 6. The Morgan fingerprint density at radius 2 is 1.74 bits per heavy atom. The summed E-state index contributed by atoms with van der Waals surface area (Å²) in [6, 6.07) is 10.00. The van der Waals surface area contributed by atoms with E-state index < -0.39 is 5.60 Å². The highest BCUT2D eigenvalue weighted by molar-refractivity contribution is 5.78. The van der Waals surface area contributed by atoms with Crippen LogP contribution in [-0.4, -0.2) is 52.5 Å². The standard InChI is InChI=1S/C29H30N8O/c1-4-36-17-23(14-33-36)22-13-26-28(32-19-34-37(26)18-22)35-11-9-21(10-12-35)27-30-15-25(16-31-27)29(3,38)24-7-5-20(2)6-8-24/h5-9,13-19,38H,4,10-12H2,1-3H3. The number of hydrogen-bond acceptors (Lipinski definition) is 7. The second-order valence-corrected chi connectivity index (χ2v) is 9.89. The smallest absolute Gasteiger partial charge is 0.156 e. The lowest BCUT2D eigenvalue weighted by atomic mass is 9.89. The van der Waals surface area contributed by atoms with E-state index in [0.717, 1.165) is 58.7 Å². The molecule has 1 unspecified atom stereocenters. The Bertz CT molecular complexity index is 1610. The van der Waals surface area contributed by atoms with Crippen LogP contribution in [0.3, 0.4) is 0 Å². The summed E-state index contributed by atoms with van der Waals surface area (Å²) in [5.41, 5.74) is 5.65. The molecule has 1 atom stereocenters. The number of anilines is 1. The van der Waals surface area contributed by atoms with Crippen LogP contribution in [-0.2, 0) is 12.1 Å². The van der Waals surface area contributed by atoms with E-state index in [9.17, 15) is 5.11 Å². The van der Waals surface area contributed by atoms with Crippen molar-refractivity contribution >= 4 is 16.9 Å². The molecule has 9 heteroatoms. The first-order chi connectivity index (χ1) is 18.4. The largest absolute Gasteiger partial charge is 0.381 e. The average Bonchev–Trinajstić information content (AvgIpc) is 3.61. The summed E-state index contributed by atoms with van der Waals surface area (Å²) in [7, 11) is 0. The molecule has 0 bridgehead atoms. The fourth-order valence-corrected chi connectivity index (χ4v) is 4.86. The van der Waals surface area contributed by atoms with Gasteiger partial charge in [0.15, 0.2) is 11.6 Å². The summed E-state index contributed by atoms with van der Waals surface area (Å²) in [4.78, 5) is 16.1. The van der Waals surface area contributed by atoms with Crippen molar-refractivity contribution in [1.29, 1.82) is 0 Å². The molecule has 0 amide bonds. The van der Waals surface area contributed by atoms with Gasteiger partial charge in [-0.1, -0.05) is 35.9 Å². The third-order valence-corrected chi connectivity index (χ3v) is 7.30. The number of fused-ring (bicyclic) bond motifs is 1. The lowest BCUT2D eigenvalue weighted by Crippen LogP contribution is -2.30. The second-order valence-electron chi connectivity index (χ2n) is 9.89. The zero-order valence-electron chi connectivity index (χ0n) is 21.8. The van der Waals surface area contributed by atoms with Gasteiger partial charge < -0.3 is 10.0 Å². The topological polar surface area (TPSA) is 97.3 Å². The van der Waals surface area contributed by atoms with Crippen molar-refractivity contribution in [1.82, 2.24) is 34.3 Å². The second kappa shape index (κ2) is 9.50. The van der Waals surface area contributed by atoms with Crippen LogP contribution in [0.25, 0.3) is 22.2 Å². The third-order valence-electron chi connectivity index (χ3n) is 7.30. The molecule has 6 rings (SSSR count). The monoisotopic (exact) mass is 506 g/mol. The van der Waals surface area contributed by atoms with Crippen molar-refractivity contribution in [3.05, 3.63) is 96.2 Å². The fraction of sp³-hybridized carbons (Fsp3) is 0.276. The summed E-state index contributed by atoms with van der Waals surface area (Å²) >= 11 is 0. The minimum atomic E-state index is -1.16. The first kappa shape index (κ1) is 24.0. The van der Waals surface area contributed by atoms with Crippen molar-refractivity contribution in [2.75, 3.05) is 18.0 Å².